The second-order valence-corrected chi connectivity index (χ2v) is 5.12. The van der Waals surface area contributed by atoms with Gasteiger partial charge in [0.25, 0.3) is 0 Å². The largest absolute Gasteiger partial charge is 0.316 e. The summed E-state index contributed by atoms with van der Waals surface area (Å²) in [4.78, 5) is 0. The molecule has 15 heavy (non-hydrogen) atoms. The molecule has 0 aliphatic carbocycles. The molecule has 1 nitrogen and oxygen atoms in total. The van der Waals surface area contributed by atoms with E-state index < -0.39 is 0 Å². The van der Waals surface area contributed by atoms with Crippen molar-refractivity contribution in [1.82, 2.24) is 5.32 Å². The summed E-state index contributed by atoms with van der Waals surface area (Å²) >= 11 is 0. The second kappa shape index (κ2) is 9.21. The average molecular weight is 211 g/mol. The van der Waals surface area contributed by atoms with Gasteiger partial charge in [-0.05, 0) is 38.3 Å². The molecule has 1 fully saturated rings. The Morgan fingerprint density at radius 1 is 1.00 bits per heavy atom. The summed E-state index contributed by atoms with van der Waals surface area (Å²) in [5, 5.41) is 3.56. The number of nitrogens with one attached hydrogen (secondary N) is 1. The fourth-order valence-corrected chi connectivity index (χ4v) is 2.55. The molecule has 0 saturated carbocycles. The van der Waals surface area contributed by atoms with Gasteiger partial charge >= 0.3 is 0 Å². The van der Waals surface area contributed by atoms with Crippen molar-refractivity contribution in [3.63, 3.8) is 0 Å². The van der Waals surface area contributed by atoms with Crippen LogP contribution in [0.5, 0.6) is 0 Å². The first-order valence-electron chi connectivity index (χ1n) is 7.14. The van der Waals surface area contributed by atoms with Crippen LogP contribution in [-0.2, 0) is 0 Å². The molecule has 1 N–H and O–H groups in total. The van der Waals surface area contributed by atoms with Crippen LogP contribution in [0.1, 0.15) is 71.1 Å². The molecule has 90 valence electrons. The third-order valence-electron chi connectivity index (χ3n) is 3.61. The fraction of sp³-hybridized carbons (Fsp3) is 1.00. The number of hydrogen-bond acceptors (Lipinski definition) is 1. The number of unbranched alkanes of at least 4 members (excludes halogenated alkanes) is 5. The molecule has 1 heteroatoms. The van der Waals surface area contributed by atoms with Crippen molar-refractivity contribution < 1.29 is 0 Å². The van der Waals surface area contributed by atoms with E-state index in [0.29, 0.717) is 0 Å². The van der Waals surface area contributed by atoms with E-state index in [1.54, 1.807) is 0 Å². The van der Waals surface area contributed by atoms with Gasteiger partial charge in [-0.2, -0.15) is 0 Å². The molecule has 1 unspecified atom stereocenters. The first kappa shape index (κ1) is 13.0. The molecular formula is C14H29N. The van der Waals surface area contributed by atoms with Gasteiger partial charge in [0.2, 0.25) is 0 Å². The van der Waals surface area contributed by atoms with Crippen LogP contribution < -0.4 is 5.32 Å². The van der Waals surface area contributed by atoms with Gasteiger partial charge in [-0.15, -0.1) is 0 Å². The van der Waals surface area contributed by atoms with Crippen LogP contribution >= 0.6 is 0 Å². The maximum Gasteiger partial charge on any atom is -0.00205 e. The predicted molar refractivity (Wildman–Crippen MR) is 68.2 cm³/mol. The van der Waals surface area contributed by atoms with Crippen LogP contribution in [0.25, 0.3) is 0 Å². The molecule has 0 aromatic rings. The summed E-state index contributed by atoms with van der Waals surface area (Å²) < 4.78 is 0. The van der Waals surface area contributed by atoms with Crippen molar-refractivity contribution in [2.24, 2.45) is 5.92 Å². The molecule has 0 amide bonds. The first-order chi connectivity index (χ1) is 7.43. The van der Waals surface area contributed by atoms with E-state index in [-0.39, 0.29) is 0 Å². The third-order valence-corrected chi connectivity index (χ3v) is 3.61. The Bertz CT molecular complexity index is 125. The van der Waals surface area contributed by atoms with Gasteiger partial charge in [0.1, 0.15) is 0 Å². The molecule has 1 saturated heterocycles. The fourth-order valence-electron chi connectivity index (χ4n) is 2.55. The van der Waals surface area contributed by atoms with Crippen LogP contribution in [0.4, 0.5) is 0 Å². The molecule has 1 heterocycles. The predicted octanol–water partition coefficient (Wildman–Crippen LogP) is 4.13. The van der Waals surface area contributed by atoms with E-state index in [9.17, 15) is 0 Å². The number of hydrogen-bond donors (Lipinski definition) is 1. The van der Waals surface area contributed by atoms with Crippen molar-refractivity contribution in [2.75, 3.05) is 13.1 Å². The Labute approximate surface area is 96.0 Å². The molecule has 0 spiro atoms. The molecule has 0 bridgehead atoms. The van der Waals surface area contributed by atoms with Gasteiger partial charge in [0, 0.05) is 0 Å². The van der Waals surface area contributed by atoms with E-state index in [4.69, 9.17) is 0 Å². The van der Waals surface area contributed by atoms with Crippen molar-refractivity contribution in [3.8, 4) is 0 Å². The zero-order valence-electron chi connectivity index (χ0n) is 10.6. The molecule has 1 atom stereocenters. The topological polar surface area (TPSA) is 12.0 Å². The minimum atomic E-state index is 0.985. The normalized spacial score (nSPS) is 22.6. The monoisotopic (exact) mass is 211 g/mol. The smallest absolute Gasteiger partial charge is 0.00205 e. The Kier molecular flexibility index (Phi) is 7.99. The average Bonchev–Trinajstić information content (AvgIpc) is 2.52. The van der Waals surface area contributed by atoms with Crippen LogP contribution in [0, 0.1) is 5.92 Å². The zero-order valence-corrected chi connectivity index (χ0v) is 10.6. The lowest BCUT2D eigenvalue weighted by atomic mass is 9.96. The van der Waals surface area contributed by atoms with Gasteiger partial charge in [-0.1, -0.05) is 51.9 Å². The Hall–Kier alpha value is -0.0400. The van der Waals surface area contributed by atoms with Gasteiger partial charge in [0.15, 0.2) is 0 Å². The lowest BCUT2D eigenvalue weighted by Gasteiger charge is -2.13. The van der Waals surface area contributed by atoms with Crippen LogP contribution in [0.3, 0.4) is 0 Å². The summed E-state index contributed by atoms with van der Waals surface area (Å²) in [6.07, 6.45) is 14.5. The lowest BCUT2D eigenvalue weighted by molar-refractivity contribution is 0.420. The van der Waals surface area contributed by atoms with Crippen LogP contribution in [0.2, 0.25) is 0 Å². The number of rotatable bonds is 7. The molecule has 1 aliphatic heterocycles. The van der Waals surface area contributed by atoms with Crippen molar-refractivity contribution in [3.05, 3.63) is 0 Å². The van der Waals surface area contributed by atoms with Crippen molar-refractivity contribution in [2.45, 2.75) is 71.1 Å². The van der Waals surface area contributed by atoms with Gasteiger partial charge in [-0.25, -0.2) is 0 Å². The summed E-state index contributed by atoms with van der Waals surface area (Å²) in [6, 6.07) is 0. The first-order valence-corrected chi connectivity index (χ1v) is 7.14. The van der Waals surface area contributed by atoms with Gasteiger partial charge in [-0.3, -0.25) is 0 Å². The lowest BCUT2D eigenvalue weighted by Crippen LogP contribution is -2.20. The Morgan fingerprint density at radius 2 is 1.80 bits per heavy atom. The van der Waals surface area contributed by atoms with E-state index >= 15 is 0 Å². The Balaban J connectivity index is 1.89. The van der Waals surface area contributed by atoms with Crippen molar-refractivity contribution >= 4 is 0 Å². The molecule has 1 aliphatic rings. The van der Waals surface area contributed by atoms with E-state index in [2.05, 4.69) is 12.2 Å². The standard InChI is InChI=1S/C14H29N/c1-2-3-4-5-6-7-10-14-11-8-9-12-15-13-14/h14-15H,2-13H2,1H3. The minimum absolute atomic E-state index is 0.985. The van der Waals surface area contributed by atoms with Crippen LogP contribution in [-0.4, -0.2) is 13.1 Å². The molecule has 0 radical (unpaired) electrons. The SMILES string of the molecule is CCCCCCCCC1CCCCNC1. The maximum absolute atomic E-state index is 3.56. The highest BCUT2D eigenvalue weighted by atomic mass is 14.9. The summed E-state index contributed by atoms with van der Waals surface area (Å²) in [5.74, 6) is 0.985. The van der Waals surface area contributed by atoms with E-state index in [0.717, 1.165) is 5.92 Å². The molecule has 1 rings (SSSR count). The summed E-state index contributed by atoms with van der Waals surface area (Å²) in [6.45, 7) is 4.83. The maximum atomic E-state index is 3.56. The van der Waals surface area contributed by atoms with E-state index in [1.165, 1.54) is 77.3 Å². The highest BCUT2D eigenvalue weighted by molar-refractivity contribution is 4.67. The Morgan fingerprint density at radius 3 is 2.67 bits per heavy atom. The van der Waals surface area contributed by atoms with Crippen molar-refractivity contribution in [1.29, 1.82) is 0 Å². The highest BCUT2D eigenvalue weighted by Crippen LogP contribution is 2.18. The molecular weight excluding hydrogens is 182 g/mol. The van der Waals surface area contributed by atoms with Gasteiger partial charge in [0.05, 0.1) is 0 Å². The second-order valence-electron chi connectivity index (χ2n) is 5.12. The molecule has 0 aromatic heterocycles. The zero-order chi connectivity index (χ0) is 10.8. The quantitative estimate of drug-likeness (QED) is 0.624. The third kappa shape index (κ3) is 6.94. The highest BCUT2D eigenvalue weighted by Gasteiger charge is 2.10. The minimum Gasteiger partial charge on any atom is -0.316 e. The summed E-state index contributed by atoms with van der Waals surface area (Å²) in [5.41, 5.74) is 0. The van der Waals surface area contributed by atoms with E-state index in [1.807, 2.05) is 0 Å². The van der Waals surface area contributed by atoms with Crippen LogP contribution in [0.15, 0.2) is 0 Å². The molecule has 0 aromatic carbocycles. The van der Waals surface area contributed by atoms with Gasteiger partial charge < -0.3 is 5.32 Å². The summed E-state index contributed by atoms with van der Waals surface area (Å²) in [7, 11) is 0.